The van der Waals surface area contributed by atoms with Crippen LogP contribution in [0.15, 0.2) is 28.8 Å². The molecule has 2 aliphatic rings. The number of rotatable bonds is 4. The van der Waals surface area contributed by atoms with Gasteiger partial charge in [-0.3, -0.25) is 4.90 Å². The minimum absolute atomic E-state index is 0.611. The van der Waals surface area contributed by atoms with Crippen LogP contribution in [0.2, 0.25) is 0 Å². The highest BCUT2D eigenvalue weighted by Gasteiger charge is 2.33. The van der Waals surface area contributed by atoms with Gasteiger partial charge in [0, 0.05) is 6.04 Å². The molecule has 1 saturated carbocycles. The molecule has 24 heavy (non-hydrogen) atoms. The topological polar surface area (TPSA) is 51.4 Å². The van der Waals surface area contributed by atoms with Crippen molar-refractivity contribution in [3.8, 4) is 17.1 Å². The molecular formula is C19H25N3O2. The van der Waals surface area contributed by atoms with Crippen LogP contribution in [0.1, 0.15) is 44.4 Å². The number of benzene rings is 1. The molecule has 2 fully saturated rings. The van der Waals surface area contributed by atoms with Crippen LogP contribution in [-0.4, -0.2) is 34.7 Å². The molecule has 2 aromatic rings. The predicted octanol–water partition coefficient (Wildman–Crippen LogP) is 3.90. The molecule has 2 heterocycles. The maximum atomic E-state index is 5.54. The van der Waals surface area contributed by atoms with E-state index in [4.69, 9.17) is 9.26 Å². The molecule has 5 nitrogen and oxygen atoms in total. The standard InChI is InChI=1S/C19H25N3O2/c1-23-17-11-5-3-9-15(17)19-20-18(24-21-19)13-22-12-6-8-14-7-2-4-10-16(14)22/h3,5,9,11,14,16H,2,4,6-8,10,12-13H2,1H3. The SMILES string of the molecule is COc1ccccc1-c1noc(CN2CCCC3CCCCC32)n1. The minimum Gasteiger partial charge on any atom is -0.496 e. The Hall–Kier alpha value is -1.88. The number of aromatic nitrogens is 2. The molecule has 0 amide bonds. The zero-order chi connectivity index (χ0) is 16.4. The van der Waals surface area contributed by atoms with E-state index >= 15 is 0 Å². The fourth-order valence-corrected chi connectivity index (χ4v) is 4.36. The Morgan fingerprint density at radius 2 is 2.00 bits per heavy atom. The average Bonchev–Trinajstić information content (AvgIpc) is 3.10. The number of ether oxygens (including phenoxy) is 1. The summed E-state index contributed by atoms with van der Waals surface area (Å²) in [6.45, 7) is 1.91. The van der Waals surface area contributed by atoms with E-state index in [-0.39, 0.29) is 0 Å². The van der Waals surface area contributed by atoms with Gasteiger partial charge in [0.2, 0.25) is 11.7 Å². The molecule has 1 aliphatic heterocycles. The van der Waals surface area contributed by atoms with Gasteiger partial charge in [0.15, 0.2) is 0 Å². The number of hydrogen-bond acceptors (Lipinski definition) is 5. The van der Waals surface area contributed by atoms with E-state index in [9.17, 15) is 0 Å². The number of likely N-dealkylation sites (tertiary alicyclic amines) is 1. The van der Waals surface area contributed by atoms with Crippen LogP contribution in [0.3, 0.4) is 0 Å². The largest absolute Gasteiger partial charge is 0.496 e. The van der Waals surface area contributed by atoms with E-state index < -0.39 is 0 Å². The van der Waals surface area contributed by atoms with Gasteiger partial charge < -0.3 is 9.26 Å². The molecule has 128 valence electrons. The predicted molar refractivity (Wildman–Crippen MR) is 91.7 cm³/mol. The molecule has 0 radical (unpaired) electrons. The second-order valence-electron chi connectivity index (χ2n) is 6.94. The van der Waals surface area contributed by atoms with Crippen LogP contribution < -0.4 is 4.74 Å². The van der Waals surface area contributed by atoms with Gasteiger partial charge in [-0.25, -0.2) is 0 Å². The van der Waals surface area contributed by atoms with Crippen molar-refractivity contribution in [1.82, 2.24) is 15.0 Å². The van der Waals surface area contributed by atoms with Crippen LogP contribution in [0.4, 0.5) is 0 Å². The van der Waals surface area contributed by atoms with Gasteiger partial charge in [-0.1, -0.05) is 30.1 Å². The van der Waals surface area contributed by atoms with E-state index in [1.807, 2.05) is 24.3 Å². The molecule has 0 N–H and O–H groups in total. The number of nitrogens with zero attached hydrogens (tertiary/aromatic N) is 3. The summed E-state index contributed by atoms with van der Waals surface area (Å²) in [5.74, 6) is 2.96. The lowest BCUT2D eigenvalue weighted by Crippen LogP contribution is -2.46. The maximum absolute atomic E-state index is 5.54. The Morgan fingerprint density at radius 3 is 2.92 bits per heavy atom. The third-order valence-corrected chi connectivity index (χ3v) is 5.51. The monoisotopic (exact) mass is 327 g/mol. The summed E-state index contributed by atoms with van der Waals surface area (Å²) in [4.78, 5) is 7.18. The highest BCUT2D eigenvalue weighted by molar-refractivity contribution is 5.63. The molecule has 0 spiro atoms. The van der Waals surface area contributed by atoms with Crippen molar-refractivity contribution in [2.75, 3.05) is 13.7 Å². The molecule has 5 heteroatoms. The van der Waals surface area contributed by atoms with Crippen molar-refractivity contribution in [2.24, 2.45) is 5.92 Å². The maximum Gasteiger partial charge on any atom is 0.241 e. The van der Waals surface area contributed by atoms with E-state index in [2.05, 4.69) is 15.0 Å². The second-order valence-corrected chi connectivity index (χ2v) is 6.94. The Kier molecular flexibility index (Phi) is 4.52. The number of methoxy groups -OCH3 is 1. The van der Waals surface area contributed by atoms with Crippen molar-refractivity contribution >= 4 is 0 Å². The van der Waals surface area contributed by atoms with Gasteiger partial charge in [0.05, 0.1) is 19.2 Å². The van der Waals surface area contributed by atoms with Gasteiger partial charge in [0.1, 0.15) is 5.75 Å². The summed E-state index contributed by atoms with van der Waals surface area (Å²) in [5, 5.41) is 4.17. The van der Waals surface area contributed by atoms with Gasteiger partial charge in [-0.05, 0) is 50.3 Å². The highest BCUT2D eigenvalue weighted by atomic mass is 16.5. The van der Waals surface area contributed by atoms with E-state index in [1.54, 1.807) is 7.11 Å². The second kappa shape index (κ2) is 6.93. The van der Waals surface area contributed by atoms with Crippen molar-refractivity contribution in [1.29, 1.82) is 0 Å². The lowest BCUT2D eigenvalue weighted by molar-refractivity contribution is 0.0466. The van der Waals surface area contributed by atoms with Crippen molar-refractivity contribution < 1.29 is 9.26 Å². The molecule has 2 unspecified atom stereocenters. The fourth-order valence-electron chi connectivity index (χ4n) is 4.36. The molecule has 1 aromatic carbocycles. The Bertz CT molecular complexity index is 683. The molecule has 0 bridgehead atoms. The summed E-state index contributed by atoms with van der Waals surface area (Å²) < 4.78 is 10.9. The zero-order valence-corrected chi connectivity index (χ0v) is 14.3. The lowest BCUT2D eigenvalue weighted by atomic mass is 9.78. The van der Waals surface area contributed by atoms with Crippen LogP contribution in [0, 0.1) is 5.92 Å². The highest BCUT2D eigenvalue weighted by Crippen LogP contribution is 2.36. The summed E-state index contributed by atoms with van der Waals surface area (Å²) in [7, 11) is 1.66. The Balaban J connectivity index is 1.51. The first-order valence-corrected chi connectivity index (χ1v) is 9.05. The van der Waals surface area contributed by atoms with E-state index in [1.165, 1.54) is 38.5 Å². The molecular weight excluding hydrogens is 302 g/mol. The zero-order valence-electron chi connectivity index (χ0n) is 14.3. The van der Waals surface area contributed by atoms with Crippen molar-refractivity contribution in [3.05, 3.63) is 30.2 Å². The Labute approximate surface area is 143 Å². The fraction of sp³-hybridized carbons (Fsp3) is 0.579. The quantitative estimate of drug-likeness (QED) is 0.852. The smallest absolute Gasteiger partial charge is 0.241 e. The number of hydrogen-bond donors (Lipinski definition) is 0. The van der Waals surface area contributed by atoms with Crippen LogP contribution >= 0.6 is 0 Å². The average molecular weight is 327 g/mol. The van der Waals surface area contributed by atoms with Crippen molar-refractivity contribution in [2.45, 2.75) is 51.1 Å². The number of fused-ring (bicyclic) bond motifs is 1. The summed E-state index contributed by atoms with van der Waals surface area (Å²) in [5.41, 5.74) is 0.879. The minimum atomic E-state index is 0.611. The first-order chi connectivity index (χ1) is 11.8. The number of para-hydroxylation sites is 1. The summed E-state index contributed by atoms with van der Waals surface area (Å²) in [6, 6.07) is 8.49. The van der Waals surface area contributed by atoms with Crippen molar-refractivity contribution in [3.63, 3.8) is 0 Å². The first kappa shape index (κ1) is 15.6. The Morgan fingerprint density at radius 1 is 1.17 bits per heavy atom. The first-order valence-electron chi connectivity index (χ1n) is 9.05. The molecule has 4 rings (SSSR count). The normalized spacial score (nSPS) is 24.5. The van der Waals surface area contributed by atoms with Gasteiger partial charge in [-0.2, -0.15) is 4.98 Å². The van der Waals surface area contributed by atoms with Crippen LogP contribution in [0.25, 0.3) is 11.4 Å². The van der Waals surface area contributed by atoms with Crippen LogP contribution in [0.5, 0.6) is 5.75 Å². The van der Waals surface area contributed by atoms with Gasteiger partial charge >= 0.3 is 0 Å². The number of piperidine rings is 1. The summed E-state index contributed by atoms with van der Waals surface area (Å²) >= 11 is 0. The van der Waals surface area contributed by atoms with Gasteiger partial charge in [0.25, 0.3) is 0 Å². The lowest BCUT2D eigenvalue weighted by Gasteiger charge is -2.43. The molecule has 1 aliphatic carbocycles. The van der Waals surface area contributed by atoms with Gasteiger partial charge in [-0.15, -0.1) is 0 Å². The molecule has 1 saturated heterocycles. The van der Waals surface area contributed by atoms with E-state index in [0.29, 0.717) is 17.8 Å². The summed E-state index contributed by atoms with van der Waals surface area (Å²) in [6.07, 6.45) is 8.13. The molecule has 2 atom stereocenters. The molecule has 1 aromatic heterocycles. The van der Waals surface area contributed by atoms with E-state index in [0.717, 1.165) is 30.3 Å². The third kappa shape index (κ3) is 3.05. The van der Waals surface area contributed by atoms with Crippen LogP contribution in [-0.2, 0) is 6.54 Å². The third-order valence-electron chi connectivity index (χ3n) is 5.51.